The summed E-state index contributed by atoms with van der Waals surface area (Å²) in [6.07, 6.45) is 1.13. The van der Waals surface area contributed by atoms with Gasteiger partial charge in [-0.2, -0.15) is 0 Å². The Labute approximate surface area is 82.5 Å². The van der Waals surface area contributed by atoms with Crippen molar-refractivity contribution in [2.45, 2.75) is 18.4 Å². The molecule has 1 N–H and O–H groups in total. The standard InChI is InChI=1S/C9H7BrF2O/c10-8-6(9(13)1-2-9)3-5(11)4-7(8)12/h3-4,13H,1-2H2. The highest BCUT2D eigenvalue weighted by atomic mass is 79.9. The molecule has 0 unspecified atom stereocenters. The first-order chi connectivity index (χ1) is 6.03. The Morgan fingerprint density at radius 2 is 1.92 bits per heavy atom. The highest BCUT2D eigenvalue weighted by Gasteiger charge is 2.44. The molecule has 1 saturated carbocycles. The van der Waals surface area contributed by atoms with Gasteiger partial charge in [0.15, 0.2) is 0 Å². The number of aliphatic hydroxyl groups is 1. The van der Waals surface area contributed by atoms with Crippen LogP contribution in [0.5, 0.6) is 0 Å². The van der Waals surface area contributed by atoms with Crippen molar-refractivity contribution in [1.82, 2.24) is 0 Å². The molecule has 1 fully saturated rings. The van der Waals surface area contributed by atoms with Crippen LogP contribution in [-0.4, -0.2) is 5.11 Å². The molecule has 1 nitrogen and oxygen atoms in total. The molecule has 0 amide bonds. The molecule has 0 bridgehead atoms. The Bertz CT molecular complexity index is 361. The number of hydrogen-bond acceptors (Lipinski definition) is 1. The zero-order chi connectivity index (χ0) is 9.64. The van der Waals surface area contributed by atoms with Crippen LogP contribution in [-0.2, 0) is 5.60 Å². The minimum absolute atomic E-state index is 0.161. The van der Waals surface area contributed by atoms with Crippen LogP contribution in [0.4, 0.5) is 8.78 Å². The number of benzene rings is 1. The third-order valence-electron chi connectivity index (χ3n) is 2.22. The normalized spacial score (nSPS) is 18.8. The van der Waals surface area contributed by atoms with Gasteiger partial charge < -0.3 is 5.11 Å². The van der Waals surface area contributed by atoms with Crippen LogP contribution in [0, 0.1) is 11.6 Å². The molecule has 1 aromatic rings. The van der Waals surface area contributed by atoms with Crippen LogP contribution in [0.15, 0.2) is 16.6 Å². The summed E-state index contributed by atoms with van der Waals surface area (Å²) >= 11 is 2.99. The summed E-state index contributed by atoms with van der Waals surface area (Å²) < 4.78 is 26.0. The van der Waals surface area contributed by atoms with Crippen LogP contribution in [0.1, 0.15) is 18.4 Å². The van der Waals surface area contributed by atoms with Gasteiger partial charge in [-0.1, -0.05) is 0 Å². The molecule has 13 heavy (non-hydrogen) atoms. The van der Waals surface area contributed by atoms with Gasteiger partial charge >= 0.3 is 0 Å². The molecule has 1 aliphatic rings. The van der Waals surface area contributed by atoms with Gasteiger partial charge in [-0.3, -0.25) is 0 Å². The van der Waals surface area contributed by atoms with E-state index in [2.05, 4.69) is 15.9 Å². The molecule has 0 heterocycles. The molecule has 0 saturated heterocycles. The fourth-order valence-corrected chi connectivity index (χ4v) is 1.88. The molecule has 2 rings (SSSR count). The van der Waals surface area contributed by atoms with Crippen molar-refractivity contribution in [3.05, 3.63) is 33.8 Å². The summed E-state index contributed by atoms with van der Waals surface area (Å²) in [6.45, 7) is 0. The highest BCUT2D eigenvalue weighted by Crippen LogP contribution is 2.48. The Morgan fingerprint density at radius 3 is 2.46 bits per heavy atom. The lowest BCUT2D eigenvalue weighted by molar-refractivity contribution is 0.149. The van der Waals surface area contributed by atoms with Crippen molar-refractivity contribution < 1.29 is 13.9 Å². The molecular weight excluding hydrogens is 242 g/mol. The maximum Gasteiger partial charge on any atom is 0.140 e. The van der Waals surface area contributed by atoms with Crippen LogP contribution >= 0.6 is 15.9 Å². The fourth-order valence-electron chi connectivity index (χ4n) is 1.28. The Hall–Kier alpha value is -0.480. The van der Waals surface area contributed by atoms with E-state index in [4.69, 9.17) is 0 Å². The van der Waals surface area contributed by atoms with Gasteiger partial charge in [0.1, 0.15) is 11.6 Å². The molecule has 0 spiro atoms. The van der Waals surface area contributed by atoms with E-state index in [-0.39, 0.29) is 4.47 Å². The van der Waals surface area contributed by atoms with Crippen molar-refractivity contribution in [2.24, 2.45) is 0 Å². The zero-order valence-electron chi connectivity index (χ0n) is 6.65. The van der Waals surface area contributed by atoms with E-state index in [9.17, 15) is 13.9 Å². The second kappa shape index (κ2) is 2.75. The third-order valence-corrected chi connectivity index (χ3v) is 3.02. The van der Waals surface area contributed by atoms with E-state index >= 15 is 0 Å². The average molecular weight is 249 g/mol. The van der Waals surface area contributed by atoms with Crippen molar-refractivity contribution in [1.29, 1.82) is 0 Å². The van der Waals surface area contributed by atoms with E-state index in [0.717, 1.165) is 6.07 Å². The van der Waals surface area contributed by atoms with Crippen molar-refractivity contribution in [2.75, 3.05) is 0 Å². The SMILES string of the molecule is OC1(c2cc(F)cc(F)c2Br)CC1. The summed E-state index contributed by atoms with van der Waals surface area (Å²) in [5.74, 6) is -1.33. The Balaban J connectivity index is 2.56. The van der Waals surface area contributed by atoms with Crippen LogP contribution < -0.4 is 0 Å². The molecule has 1 aromatic carbocycles. The van der Waals surface area contributed by atoms with Gasteiger partial charge in [0.05, 0.1) is 10.1 Å². The minimum Gasteiger partial charge on any atom is -0.385 e. The molecule has 0 aliphatic heterocycles. The largest absolute Gasteiger partial charge is 0.385 e. The lowest BCUT2D eigenvalue weighted by Gasteiger charge is -2.10. The second-order valence-corrected chi connectivity index (χ2v) is 4.07. The summed E-state index contributed by atoms with van der Waals surface area (Å²) in [5, 5.41) is 9.67. The van der Waals surface area contributed by atoms with E-state index in [0.29, 0.717) is 18.4 Å². The van der Waals surface area contributed by atoms with Crippen molar-refractivity contribution in [3.63, 3.8) is 0 Å². The van der Waals surface area contributed by atoms with Gasteiger partial charge in [0, 0.05) is 11.6 Å². The maximum atomic E-state index is 13.0. The average Bonchev–Trinajstić information content (AvgIpc) is 2.77. The molecule has 0 atom stereocenters. The lowest BCUT2D eigenvalue weighted by atomic mass is 10.1. The summed E-state index contributed by atoms with van der Waals surface area (Å²) in [7, 11) is 0. The maximum absolute atomic E-state index is 13.0. The predicted octanol–water partition coefficient (Wildman–Crippen LogP) is 2.71. The monoisotopic (exact) mass is 248 g/mol. The summed E-state index contributed by atoms with van der Waals surface area (Å²) in [4.78, 5) is 0. The van der Waals surface area contributed by atoms with E-state index in [1.54, 1.807) is 0 Å². The molecule has 0 radical (unpaired) electrons. The molecular formula is C9H7BrF2O. The summed E-state index contributed by atoms with van der Waals surface area (Å²) in [6, 6.07) is 1.96. The van der Waals surface area contributed by atoms with Crippen molar-refractivity contribution >= 4 is 15.9 Å². The van der Waals surface area contributed by atoms with E-state index < -0.39 is 17.2 Å². The third kappa shape index (κ3) is 1.48. The molecule has 1 aliphatic carbocycles. The van der Waals surface area contributed by atoms with Crippen LogP contribution in [0.25, 0.3) is 0 Å². The molecule has 0 aromatic heterocycles. The summed E-state index contributed by atoms with van der Waals surface area (Å²) in [5.41, 5.74) is -0.702. The minimum atomic E-state index is -1.01. The number of hydrogen-bond donors (Lipinski definition) is 1. The highest BCUT2D eigenvalue weighted by molar-refractivity contribution is 9.10. The fraction of sp³-hybridized carbons (Fsp3) is 0.333. The Kier molecular flexibility index (Phi) is 1.92. The second-order valence-electron chi connectivity index (χ2n) is 3.28. The Morgan fingerprint density at radius 1 is 1.31 bits per heavy atom. The number of halogens is 3. The van der Waals surface area contributed by atoms with E-state index in [1.807, 2.05) is 0 Å². The topological polar surface area (TPSA) is 20.2 Å². The van der Waals surface area contributed by atoms with Gasteiger partial charge in [0.2, 0.25) is 0 Å². The predicted molar refractivity (Wildman–Crippen MR) is 47.2 cm³/mol. The van der Waals surface area contributed by atoms with Crippen LogP contribution in [0.3, 0.4) is 0 Å². The number of rotatable bonds is 1. The quantitative estimate of drug-likeness (QED) is 0.758. The van der Waals surface area contributed by atoms with Gasteiger partial charge in [-0.15, -0.1) is 0 Å². The van der Waals surface area contributed by atoms with Crippen molar-refractivity contribution in [3.8, 4) is 0 Å². The van der Waals surface area contributed by atoms with Gasteiger partial charge in [-0.25, -0.2) is 8.78 Å². The molecule has 70 valence electrons. The first kappa shape index (κ1) is 9.09. The first-order valence-corrected chi connectivity index (χ1v) is 4.70. The lowest BCUT2D eigenvalue weighted by Crippen LogP contribution is -2.07. The van der Waals surface area contributed by atoms with Gasteiger partial charge in [0.25, 0.3) is 0 Å². The first-order valence-electron chi connectivity index (χ1n) is 3.90. The van der Waals surface area contributed by atoms with Crippen LogP contribution in [0.2, 0.25) is 0 Å². The smallest absolute Gasteiger partial charge is 0.140 e. The molecule has 4 heteroatoms. The van der Waals surface area contributed by atoms with Gasteiger partial charge in [-0.05, 0) is 34.8 Å². The van der Waals surface area contributed by atoms with E-state index in [1.165, 1.54) is 6.07 Å². The zero-order valence-corrected chi connectivity index (χ0v) is 8.24.